The first kappa shape index (κ1) is 9.72. The van der Waals surface area contributed by atoms with E-state index >= 15 is 0 Å². The zero-order valence-corrected chi connectivity index (χ0v) is 9.03. The fraction of sp³-hybridized carbons (Fsp3) is 0.538. The normalized spacial score (nSPS) is 28.1. The highest BCUT2D eigenvalue weighted by molar-refractivity contribution is 5.18. The lowest BCUT2D eigenvalue weighted by atomic mass is 9.80. The van der Waals surface area contributed by atoms with Crippen LogP contribution in [-0.4, -0.2) is 6.04 Å². The first-order valence-corrected chi connectivity index (χ1v) is 5.58. The van der Waals surface area contributed by atoms with Gasteiger partial charge in [0.05, 0.1) is 0 Å². The van der Waals surface area contributed by atoms with E-state index < -0.39 is 0 Å². The van der Waals surface area contributed by atoms with Crippen LogP contribution in [0.2, 0.25) is 0 Å². The third kappa shape index (κ3) is 1.98. The zero-order chi connectivity index (χ0) is 9.97. The van der Waals surface area contributed by atoms with Gasteiger partial charge in [-0.25, -0.2) is 0 Å². The molecule has 1 aromatic carbocycles. The Morgan fingerprint density at radius 3 is 2.43 bits per heavy atom. The molecule has 0 aromatic heterocycles. The van der Waals surface area contributed by atoms with Crippen molar-refractivity contribution in [2.45, 2.75) is 38.8 Å². The smallest absolute Gasteiger partial charge is 0.0294 e. The number of hydrogen-bond acceptors (Lipinski definition) is 1. The lowest BCUT2D eigenvalue weighted by molar-refractivity contribution is 0.214. The van der Waals surface area contributed by atoms with Gasteiger partial charge in [0.1, 0.15) is 0 Å². The summed E-state index contributed by atoms with van der Waals surface area (Å²) in [7, 11) is 0. The minimum atomic E-state index is 0.490. The summed E-state index contributed by atoms with van der Waals surface area (Å²) in [5.41, 5.74) is 1.40. The summed E-state index contributed by atoms with van der Waals surface area (Å²) >= 11 is 0. The molecule has 2 unspecified atom stereocenters. The SMILES string of the molecule is CC1CCC1N[C@H](C)c1ccccc1. The molecule has 14 heavy (non-hydrogen) atoms. The molecule has 1 aliphatic carbocycles. The Morgan fingerprint density at radius 2 is 1.93 bits per heavy atom. The second-order valence-electron chi connectivity index (χ2n) is 4.46. The van der Waals surface area contributed by atoms with Crippen LogP contribution in [-0.2, 0) is 0 Å². The standard InChI is InChI=1S/C13H19N/c1-10-8-9-13(10)14-11(2)12-6-4-3-5-7-12/h3-7,10-11,13-14H,8-9H2,1-2H3/t10?,11-,13?/m1/s1. The summed E-state index contributed by atoms with van der Waals surface area (Å²) in [6, 6.07) is 11.9. The van der Waals surface area contributed by atoms with Gasteiger partial charge in [0, 0.05) is 12.1 Å². The predicted octanol–water partition coefficient (Wildman–Crippen LogP) is 3.14. The van der Waals surface area contributed by atoms with Crippen molar-refractivity contribution in [1.29, 1.82) is 0 Å². The number of nitrogens with one attached hydrogen (secondary N) is 1. The zero-order valence-electron chi connectivity index (χ0n) is 9.03. The highest BCUT2D eigenvalue weighted by atomic mass is 15.0. The van der Waals surface area contributed by atoms with E-state index in [-0.39, 0.29) is 0 Å². The second kappa shape index (κ2) is 4.14. The maximum atomic E-state index is 3.68. The Labute approximate surface area is 86.5 Å². The van der Waals surface area contributed by atoms with Crippen molar-refractivity contribution in [3.8, 4) is 0 Å². The third-order valence-electron chi connectivity index (χ3n) is 3.38. The molecule has 1 heteroatoms. The van der Waals surface area contributed by atoms with Gasteiger partial charge in [-0.15, -0.1) is 0 Å². The molecule has 0 bridgehead atoms. The highest BCUT2D eigenvalue weighted by Crippen LogP contribution is 2.28. The van der Waals surface area contributed by atoms with Crippen molar-refractivity contribution in [2.75, 3.05) is 0 Å². The summed E-state index contributed by atoms with van der Waals surface area (Å²) < 4.78 is 0. The van der Waals surface area contributed by atoms with Gasteiger partial charge in [0.15, 0.2) is 0 Å². The molecule has 0 heterocycles. The Hall–Kier alpha value is -0.820. The van der Waals surface area contributed by atoms with Crippen LogP contribution in [0.25, 0.3) is 0 Å². The average molecular weight is 189 g/mol. The summed E-state index contributed by atoms with van der Waals surface area (Å²) in [4.78, 5) is 0. The predicted molar refractivity (Wildman–Crippen MR) is 60.2 cm³/mol. The Bertz CT molecular complexity index is 281. The van der Waals surface area contributed by atoms with Crippen molar-refractivity contribution in [3.05, 3.63) is 35.9 Å². The van der Waals surface area contributed by atoms with E-state index in [1.807, 2.05) is 0 Å². The molecule has 2 rings (SSSR count). The minimum absolute atomic E-state index is 0.490. The van der Waals surface area contributed by atoms with Crippen LogP contribution in [0.1, 0.15) is 38.3 Å². The molecular weight excluding hydrogens is 170 g/mol. The highest BCUT2D eigenvalue weighted by Gasteiger charge is 2.27. The van der Waals surface area contributed by atoms with E-state index in [0.29, 0.717) is 6.04 Å². The molecule has 1 fully saturated rings. The van der Waals surface area contributed by atoms with Gasteiger partial charge in [-0.3, -0.25) is 0 Å². The summed E-state index contributed by atoms with van der Waals surface area (Å²) in [5, 5.41) is 3.68. The summed E-state index contributed by atoms with van der Waals surface area (Å²) in [6.45, 7) is 4.58. The molecule has 0 spiro atoms. The van der Waals surface area contributed by atoms with Crippen LogP contribution >= 0.6 is 0 Å². The average Bonchev–Trinajstić information content (AvgIpc) is 2.24. The maximum absolute atomic E-state index is 3.68. The quantitative estimate of drug-likeness (QED) is 0.770. The lowest BCUT2D eigenvalue weighted by Gasteiger charge is -2.37. The van der Waals surface area contributed by atoms with Crippen molar-refractivity contribution >= 4 is 0 Å². The van der Waals surface area contributed by atoms with Crippen LogP contribution in [0.5, 0.6) is 0 Å². The number of hydrogen-bond donors (Lipinski definition) is 1. The second-order valence-corrected chi connectivity index (χ2v) is 4.46. The Kier molecular flexibility index (Phi) is 2.87. The van der Waals surface area contributed by atoms with Crippen LogP contribution in [0.4, 0.5) is 0 Å². The number of benzene rings is 1. The fourth-order valence-corrected chi connectivity index (χ4v) is 2.07. The van der Waals surface area contributed by atoms with Crippen LogP contribution < -0.4 is 5.32 Å². The molecule has 0 radical (unpaired) electrons. The molecule has 0 amide bonds. The van der Waals surface area contributed by atoms with Gasteiger partial charge in [0.2, 0.25) is 0 Å². The van der Waals surface area contributed by atoms with Crippen molar-refractivity contribution in [1.82, 2.24) is 5.32 Å². The van der Waals surface area contributed by atoms with Crippen LogP contribution in [0.15, 0.2) is 30.3 Å². The molecule has 3 atom stereocenters. The molecule has 0 saturated heterocycles. The first-order valence-electron chi connectivity index (χ1n) is 5.58. The van der Waals surface area contributed by atoms with Crippen molar-refractivity contribution in [2.24, 2.45) is 5.92 Å². The van der Waals surface area contributed by atoms with E-state index in [1.54, 1.807) is 0 Å². The van der Waals surface area contributed by atoms with Crippen molar-refractivity contribution < 1.29 is 0 Å². The van der Waals surface area contributed by atoms with E-state index in [4.69, 9.17) is 0 Å². The summed E-state index contributed by atoms with van der Waals surface area (Å²) in [5.74, 6) is 0.862. The lowest BCUT2D eigenvalue weighted by Crippen LogP contribution is -2.43. The fourth-order valence-electron chi connectivity index (χ4n) is 2.07. The number of rotatable bonds is 3. The first-order chi connectivity index (χ1) is 6.77. The van der Waals surface area contributed by atoms with Crippen molar-refractivity contribution in [3.63, 3.8) is 0 Å². The Balaban J connectivity index is 1.92. The molecule has 1 nitrogen and oxygen atoms in total. The minimum Gasteiger partial charge on any atom is -0.307 e. The van der Waals surface area contributed by atoms with E-state index in [9.17, 15) is 0 Å². The van der Waals surface area contributed by atoms with E-state index in [2.05, 4.69) is 49.5 Å². The van der Waals surface area contributed by atoms with E-state index in [1.165, 1.54) is 18.4 Å². The Morgan fingerprint density at radius 1 is 1.21 bits per heavy atom. The monoisotopic (exact) mass is 189 g/mol. The maximum Gasteiger partial charge on any atom is 0.0294 e. The molecule has 1 saturated carbocycles. The topological polar surface area (TPSA) is 12.0 Å². The van der Waals surface area contributed by atoms with Gasteiger partial charge in [-0.2, -0.15) is 0 Å². The molecule has 1 N–H and O–H groups in total. The van der Waals surface area contributed by atoms with Crippen LogP contribution in [0.3, 0.4) is 0 Å². The molecule has 1 aliphatic rings. The molecule has 1 aromatic rings. The molecule has 76 valence electrons. The molecule has 0 aliphatic heterocycles. The van der Waals surface area contributed by atoms with Gasteiger partial charge in [-0.1, -0.05) is 37.3 Å². The van der Waals surface area contributed by atoms with Gasteiger partial charge in [-0.05, 0) is 31.2 Å². The van der Waals surface area contributed by atoms with Crippen LogP contribution in [0, 0.1) is 5.92 Å². The summed E-state index contributed by atoms with van der Waals surface area (Å²) in [6.07, 6.45) is 2.73. The van der Waals surface area contributed by atoms with Gasteiger partial charge in [0.25, 0.3) is 0 Å². The largest absolute Gasteiger partial charge is 0.307 e. The van der Waals surface area contributed by atoms with Gasteiger partial charge < -0.3 is 5.32 Å². The van der Waals surface area contributed by atoms with E-state index in [0.717, 1.165) is 12.0 Å². The van der Waals surface area contributed by atoms with Gasteiger partial charge >= 0.3 is 0 Å². The molecular formula is C13H19N. The third-order valence-corrected chi connectivity index (χ3v) is 3.38.